The monoisotopic (exact) mass is 212 g/mol. The minimum absolute atomic E-state index is 0.0107. The number of halogens is 1. The number of hydrogen-bond acceptors (Lipinski definition) is 2. The molecular weight excluding hydrogens is 204 g/mol. The second-order valence-corrected chi connectivity index (χ2v) is 3.38. The minimum atomic E-state index is 0.0107. The van der Waals surface area contributed by atoms with Crippen molar-refractivity contribution in [1.82, 2.24) is 0 Å². The van der Waals surface area contributed by atoms with E-state index in [0.717, 1.165) is 12.0 Å². The van der Waals surface area contributed by atoms with Crippen molar-refractivity contribution in [3.05, 3.63) is 42.5 Å². The van der Waals surface area contributed by atoms with Gasteiger partial charge in [0.05, 0.1) is 0 Å². The first kappa shape index (κ1) is 10.2. The Morgan fingerprint density at radius 3 is 2.85 bits per heavy atom. The molecule has 1 nitrogen and oxygen atoms in total. The summed E-state index contributed by atoms with van der Waals surface area (Å²) in [5.41, 5.74) is 1.03. The van der Waals surface area contributed by atoms with Gasteiger partial charge in [0.1, 0.15) is 5.75 Å². The maximum absolute atomic E-state index is 5.47. The first-order valence-corrected chi connectivity index (χ1v) is 4.58. The van der Waals surface area contributed by atoms with Crippen LogP contribution >= 0.6 is 23.8 Å². The lowest BCUT2D eigenvalue weighted by molar-refractivity contribution is 0.570. The molecule has 0 aliphatic heterocycles. The molecule has 0 N–H and O–H groups in total. The third-order valence-corrected chi connectivity index (χ3v) is 1.69. The highest BCUT2D eigenvalue weighted by Crippen LogP contribution is 2.19. The summed E-state index contributed by atoms with van der Waals surface area (Å²) in [6.45, 7) is 3.65. The van der Waals surface area contributed by atoms with E-state index in [-0.39, 0.29) is 4.51 Å². The fourth-order valence-electron chi connectivity index (χ4n) is 1.01. The van der Waals surface area contributed by atoms with E-state index in [0.29, 0.717) is 5.75 Å². The van der Waals surface area contributed by atoms with Crippen LogP contribution in [0.4, 0.5) is 0 Å². The maximum Gasteiger partial charge on any atom is 0.260 e. The topological polar surface area (TPSA) is 9.23 Å². The Labute approximate surface area is 88.0 Å². The first-order valence-electron chi connectivity index (χ1n) is 3.80. The van der Waals surface area contributed by atoms with Crippen LogP contribution in [-0.2, 0) is 6.42 Å². The lowest BCUT2D eigenvalue weighted by atomic mass is 10.1. The summed E-state index contributed by atoms with van der Waals surface area (Å²) >= 11 is 10.1. The summed E-state index contributed by atoms with van der Waals surface area (Å²) in [6, 6.07) is 7.58. The van der Waals surface area contributed by atoms with E-state index in [2.05, 4.69) is 18.8 Å². The largest absolute Gasteiger partial charge is 0.435 e. The molecule has 0 heterocycles. The first-order chi connectivity index (χ1) is 6.24. The van der Waals surface area contributed by atoms with Gasteiger partial charge in [0.15, 0.2) is 0 Å². The van der Waals surface area contributed by atoms with Crippen LogP contribution < -0.4 is 4.74 Å². The minimum Gasteiger partial charge on any atom is -0.435 e. The molecule has 0 aliphatic carbocycles. The van der Waals surface area contributed by atoms with Crippen LogP contribution in [0.5, 0.6) is 5.75 Å². The van der Waals surface area contributed by atoms with Gasteiger partial charge in [-0.2, -0.15) is 0 Å². The van der Waals surface area contributed by atoms with Crippen molar-refractivity contribution in [2.45, 2.75) is 6.42 Å². The van der Waals surface area contributed by atoms with E-state index in [4.69, 9.17) is 16.3 Å². The SMILES string of the molecule is C=CCc1ccccc1OC(=S)Cl. The van der Waals surface area contributed by atoms with Crippen molar-refractivity contribution in [2.24, 2.45) is 0 Å². The Morgan fingerprint density at radius 2 is 2.23 bits per heavy atom. The molecule has 1 aromatic rings. The molecule has 0 saturated carbocycles. The molecule has 1 aromatic carbocycles. The van der Waals surface area contributed by atoms with Crippen LogP contribution in [-0.4, -0.2) is 4.51 Å². The number of para-hydroxylation sites is 1. The lowest BCUT2D eigenvalue weighted by Crippen LogP contribution is -1.98. The van der Waals surface area contributed by atoms with Crippen LogP contribution in [0.2, 0.25) is 0 Å². The van der Waals surface area contributed by atoms with Gasteiger partial charge in [-0.25, -0.2) is 0 Å². The Balaban J connectivity index is 2.90. The molecule has 3 heteroatoms. The van der Waals surface area contributed by atoms with Gasteiger partial charge in [0.2, 0.25) is 0 Å². The highest BCUT2D eigenvalue weighted by atomic mass is 35.5. The molecule has 0 aromatic heterocycles. The van der Waals surface area contributed by atoms with Gasteiger partial charge in [-0.15, -0.1) is 6.58 Å². The molecule has 0 bridgehead atoms. The standard InChI is InChI=1S/C10H9ClOS/c1-2-5-8-6-3-4-7-9(8)12-10(11)13/h2-4,6-7H,1,5H2. The van der Waals surface area contributed by atoms with Crippen molar-refractivity contribution < 1.29 is 4.74 Å². The zero-order valence-corrected chi connectivity index (χ0v) is 8.57. The average Bonchev–Trinajstić information content (AvgIpc) is 2.08. The Kier molecular flexibility index (Phi) is 3.93. The number of rotatable bonds is 3. The summed E-state index contributed by atoms with van der Waals surface area (Å²) in [7, 11) is 0. The fraction of sp³-hybridized carbons (Fsp3) is 0.100. The van der Waals surface area contributed by atoms with E-state index in [9.17, 15) is 0 Å². The molecule has 0 saturated heterocycles. The molecule has 0 atom stereocenters. The molecule has 68 valence electrons. The second-order valence-electron chi connectivity index (χ2n) is 2.44. The highest BCUT2D eigenvalue weighted by molar-refractivity contribution is 7.82. The fourth-order valence-corrected chi connectivity index (χ4v) is 1.19. The Morgan fingerprint density at radius 1 is 1.54 bits per heavy atom. The molecule has 0 amide bonds. The summed E-state index contributed by atoms with van der Waals surface area (Å²) in [5.74, 6) is 0.697. The lowest BCUT2D eigenvalue weighted by Gasteiger charge is -2.06. The normalized spacial score (nSPS) is 9.31. The Bertz CT molecular complexity index is 322. The van der Waals surface area contributed by atoms with Crippen molar-refractivity contribution in [3.63, 3.8) is 0 Å². The summed E-state index contributed by atoms with van der Waals surface area (Å²) in [6.07, 6.45) is 2.55. The van der Waals surface area contributed by atoms with Gasteiger partial charge >= 0.3 is 0 Å². The predicted molar refractivity (Wildman–Crippen MR) is 59.4 cm³/mol. The van der Waals surface area contributed by atoms with Crippen LogP contribution in [0.3, 0.4) is 0 Å². The molecule has 0 fully saturated rings. The predicted octanol–water partition coefficient (Wildman–Crippen LogP) is 3.32. The smallest absolute Gasteiger partial charge is 0.260 e. The van der Waals surface area contributed by atoms with E-state index in [1.54, 1.807) is 6.08 Å². The number of allylic oxidation sites excluding steroid dienone is 1. The quantitative estimate of drug-likeness (QED) is 0.432. The zero-order chi connectivity index (χ0) is 9.68. The van der Waals surface area contributed by atoms with Crippen molar-refractivity contribution in [1.29, 1.82) is 0 Å². The molecule has 13 heavy (non-hydrogen) atoms. The van der Waals surface area contributed by atoms with Crippen molar-refractivity contribution in [3.8, 4) is 5.75 Å². The number of benzene rings is 1. The van der Waals surface area contributed by atoms with E-state index in [1.807, 2.05) is 24.3 Å². The van der Waals surface area contributed by atoms with Gasteiger partial charge in [0, 0.05) is 0 Å². The van der Waals surface area contributed by atoms with Crippen molar-refractivity contribution in [2.75, 3.05) is 0 Å². The van der Waals surface area contributed by atoms with E-state index >= 15 is 0 Å². The van der Waals surface area contributed by atoms with Gasteiger partial charge in [-0.1, -0.05) is 24.3 Å². The second kappa shape index (κ2) is 5.00. The van der Waals surface area contributed by atoms with E-state index in [1.165, 1.54) is 0 Å². The van der Waals surface area contributed by atoms with Gasteiger partial charge < -0.3 is 4.74 Å². The molecule has 0 spiro atoms. The maximum atomic E-state index is 5.47. The molecule has 0 radical (unpaired) electrons. The number of thiocarbonyl (C=S) groups is 1. The van der Waals surface area contributed by atoms with Gasteiger partial charge in [0.25, 0.3) is 4.51 Å². The molecule has 1 rings (SSSR count). The van der Waals surface area contributed by atoms with Gasteiger partial charge in [-0.05, 0) is 41.9 Å². The van der Waals surface area contributed by atoms with Crippen LogP contribution in [0.15, 0.2) is 36.9 Å². The van der Waals surface area contributed by atoms with Crippen LogP contribution in [0, 0.1) is 0 Å². The average molecular weight is 213 g/mol. The third kappa shape index (κ3) is 3.17. The molecule has 0 unspecified atom stereocenters. The zero-order valence-electron chi connectivity index (χ0n) is 7.00. The van der Waals surface area contributed by atoms with Crippen LogP contribution in [0.25, 0.3) is 0 Å². The number of hydrogen-bond donors (Lipinski definition) is 0. The van der Waals surface area contributed by atoms with Crippen LogP contribution in [0.1, 0.15) is 5.56 Å². The summed E-state index contributed by atoms with van der Waals surface area (Å²) < 4.78 is 5.16. The number of ether oxygens (including phenoxy) is 1. The summed E-state index contributed by atoms with van der Waals surface area (Å²) in [5, 5.41) is 0. The van der Waals surface area contributed by atoms with E-state index < -0.39 is 0 Å². The van der Waals surface area contributed by atoms with Gasteiger partial charge in [-0.3, -0.25) is 0 Å². The third-order valence-electron chi connectivity index (χ3n) is 1.53. The highest BCUT2D eigenvalue weighted by Gasteiger charge is 2.02. The Hall–Kier alpha value is -0.860. The molecule has 0 aliphatic rings. The summed E-state index contributed by atoms with van der Waals surface area (Å²) in [4.78, 5) is 0. The van der Waals surface area contributed by atoms with Crippen molar-refractivity contribution >= 4 is 28.3 Å². The molecular formula is C10H9ClOS.